The van der Waals surface area contributed by atoms with Crippen LogP contribution in [-0.2, 0) is 16.1 Å². The molecule has 0 N–H and O–H groups in total. The molecule has 1 aliphatic carbocycles. The van der Waals surface area contributed by atoms with Gasteiger partial charge in [0.1, 0.15) is 0 Å². The van der Waals surface area contributed by atoms with Gasteiger partial charge in [-0.1, -0.05) is 52.9 Å². The van der Waals surface area contributed by atoms with Crippen molar-refractivity contribution < 1.29 is 9.53 Å². The average Bonchev–Trinajstić information content (AvgIpc) is 3.20. The minimum absolute atomic E-state index is 0.153. The molecular weight excluding hydrogens is 353 g/mol. The minimum Gasteiger partial charge on any atom is -0.468 e. The third-order valence-corrected chi connectivity index (χ3v) is 5.25. The Morgan fingerprint density at radius 2 is 2.05 bits per heavy atom. The molecule has 2 rings (SSSR count). The van der Waals surface area contributed by atoms with Crippen LogP contribution in [0, 0.1) is 5.41 Å². The molecule has 1 saturated carbocycles. The molecule has 0 radical (unpaired) electrons. The zero-order chi connectivity index (χ0) is 13.7. The Kier molecular flexibility index (Phi) is 5.21. The second kappa shape index (κ2) is 6.70. The first-order chi connectivity index (χ1) is 9.17. The van der Waals surface area contributed by atoms with Crippen LogP contribution >= 0.6 is 22.6 Å². The van der Waals surface area contributed by atoms with Gasteiger partial charge in [0.2, 0.25) is 0 Å². The van der Waals surface area contributed by atoms with E-state index in [0.29, 0.717) is 12.0 Å². The summed E-state index contributed by atoms with van der Waals surface area (Å²) in [5, 5.41) is 0. The van der Waals surface area contributed by atoms with Gasteiger partial charge in [0.25, 0.3) is 0 Å². The van der Waals surface area contributed by atoms with Gasteiger partial charge in [0.15, 0.2) is 0 Å². The van der Waals surface area contributed by atoms with Gasteiger partial charge in [-0.05, 0) is 23.8 Å². The van der Waals surface area contributed by atoms with E-state index < -0.39 is 0 Å². The fourth-order valence-corrected chi connectivity index (χ4v) is 3.25. The van der Waals surface area contributed by atoms with Gasteiger partial charge in [0, 0.05) is 17.5 Å². The lowest BCUT2D eigenvalue weighted by Crippen LogP contribution is -2.35. The van der Waals surface area contributed by atoms with Crippen molar-refractivity contribution in [2.24, 2.45) is 5.41 Å². The van der Waals surface area contributed by atoms with Gasteiger partial charge in [-0.15, -0.1) is 0 Å². The molecular formula is C15H20INO2. The quantitative estimate of drug-likeness (QED) is 0.418. The van der Waals surface area contributed by atoms with Crippen LogP contribution in [0.5, 0.6) is 0 Å². The molecule has 0 amide bonds. The molecule has 0 bridgehead atoms. The molecule has 0 atom stereocenters. The largest absolute Gasteiger partial charge is 0.468 e. The van der Waals surface area contributed by atoms with Crippen molar-refractivity contribution in [2.45, 2.75) is 19.4 Å². The molecule has 3 nitrogen and oxygen atoms in total. The van der Waals surface area contributed by atoms with Gasteiger partial charge < -0.3 is 4.74 Å². The molecule has 0 unspecified atom stereocenters. The van der Waals surface area contributed by atoms with E-state index in [1.165, 1.54) is 25.5 Å². The number of hydrogen-bond acceptors (Lipinski definition) is 3. The number of methoxy groups -OCH3 is 1. The summed E-state index contributed by atoms with van der Waals surface area (Å²) < 4.78 is 5.97. The number of carbonyl (C=O) groups is 1. The van der Waals surface area contributed by atoms with Crippen LogP contribution < -0.4 is 0 Å². The number of halogens is 1. The molecule has 0 saturated heterocycles. The first-order valence-electron chi connectivity index (χ1n) is 6.56. The van der Waals surface area contributed by atoms with Gasteiger partial charge in [-0.3, -0.25) is 9.69 Å². The van der Waals surface area contributed by atoms with Crippen LogP contribution in [0.25, 0.3) is 0 Å². The first kappa shape index (κ1) is 14.8. The molecule has 0 heterocycles. The molecule has 1 aromatic rings. The molecule has 1 aromatic carbocycles. The monoisotopic (exact) mass is 373 g/mol. The van der Waals surface area contributed by atoms with Crippen molar-refractivity contribution in [3.05, 3.63) is 35.9 Å². The zero-order valence-electron chi connectivity index (χ0n) is 11.3. The summed E-state index contributed by atoms with van der Waals surface area (Å²) >= 11 is 2.46. The van der Waals surface area contributed by atoms with Gasteiger partial charge in [0.05, 0.1) is 13.7 Å². The van der Waals surface area contributed by atoms with Crippen LogP contribution in [0.15, 0.2) is 30.3 Å². The van der Waals surface area contributed by atoms with Crippen molar-refractivity contribution >= 4 is 28.6 Å². The predicted molar refractivity (Wildman–Crippen MR) is 84.3 cm³/mol. The first-order valence-corrected chi connectivity index (χ1v) is 8.09. The van der Waals surface area contributed by atoms with Crippen LogP contribution in [0.2, 0.25) is 0 Å². The van der Waals surface area contributed by atoms with Crippen LogP contribution in [-0.4, -0.2) is 35.5 Å². The number of ether oxygens (including phenoxy) is 1. The predicted octanol–water partition coefficient (Wildman–Crippen LogP) is 2.88. The lowest BCUT2D eigenvalue weighted by atomic mass is 10.1. The summed E-state index contributed by atoms with van der Waals surface area (Å²) in [5.74, 6) is -0.153. The summed E-state index contributed by atoms with van der Waals surface area (Å²) in [5.41, 5.74) is 1.68. The van der Waals surface area contributed by atoms with E-state index in [-0.39, 0.29) is 5.97 Å². The average molecular weight is 373 g/mol. The van der Waals surface area contributed by atoms with Gasteiger partial charge >= 0.3 is 5.97 Å². The summed E-state index contributed by atoms with van der Waals surface area (Å²) in [6, 6.07) is 10.3. The fourth-order valence-electron chi connectivity index (χ4n) is 2.24. The van der Waals surface area contributed by atoms with Crippen molar-refractivity contribution in [1.82, 2.24) is 4.90 Å². The molecule has 0 aromatic heterocycles. The Hall–Kier alpha value is -0.620. The normalized spacial score (nSPS) is 16.4. The Labute approximate surface area is 128 Å². The smallest absolute Gasteiger partial charge is 0.319 e. The number of rotatable bonds is 7. The van der Waals surface area contributed by atoms with E-state index in [2.05, 4.69) is 39.6 Å². The zero-order valence-corrected chi connectivity index (χ0v) is 13.4. The number of esters is 1. The van der Waals surface area contributed by atoms with E-state index in [1.54, 1.807) is 0 Å². The SMILES string of the molecule is COC(=O)CN(Cc1ccccc1)CC1(CI)CC1. The third kappa shape index (κ3) is 4.45. The standard InChI is InChI=1S/C15H20INO2/c1-19-14(18)10-17(12-15(11-16)7-8-15)9-13-5-3-2-4-6-13/h2-6H,7-12H2,1H3. The maximum absolute atomic E-state index is 11.5. The lowest BCUT2D eigenvalue weighted by Gasteiger charge is -2.25. The van der Waals surface area contributed by atoms with Crippen molar-refractivity contribution in [3.8, 4) is 0 Å². The number of hydrogen-bond donors (Lipinski definition) is 0. The minimum atomic E-state index is -0.153. The Bertz CT molecular complexity index is 417. The van der Waals surface area contributed by atoms with Crippen LogP contribution in [0.4, 0.5) is 0 Å². The molecule has 4 heteroatoms. The van der Waals surface area contributed by atoms with E-state index in [9.17, 15) is 4.79 Å². The molecule has 0 spiro atoms. The van der Waals surface area contributed by atoms with Crippen LogP contribution in [0.1, 0.15) is 18.4 Å². The molecule has 0 aliphatic heterocycles. The Morgan fingerprint density at radius 1 is 1.37 bits per heavy atom. The summed E-state index contributed by atoms with van der Waals surface area (Å²) in [7, 11) is 1.45. The van der Waals surface area contributed by atoms with E-state index in [4.69, 9.17) is 4.74 Å². The lowest BCUT2D eigenvalue weighted by molar-refractivity contribution is -0.142. The van der Waals surface area contributed by atoms with E-state index >= 15 is 0 Å². The second-order valence-electron chi connectivity index (χ2n) is 5.34. The topological polar surface area (TPSA) is 29.5 Å². The number of nitrogens with zero attached hydrogens (tertiary/aromatic N) is 1. The molecule has 19 heavy (non-hydrogen) atoms. The summed E-state index contributed by atoms with van der Waals surface area (Å²) in [4.78, 5) is 13.8. The fraction of sp³-hybridized carbons (Fsp3) is 0.533. The van der Waals surface area contributed by atoms with Crippen molar-refractivity contribution in [3.63, 3.8) is 0 Å². The summed E-state index contributed by atoms with van der Waals surface area (Å²) in [6.45, 7) is 2.18. The van der Waals surface area contributed by atoms with Crippen LogP contribution in [0.3, 0.4) is 0 Å². The highest BCUT2D eigenvalue weighted by Gasteiger charge is 2.42. The Morgan fingerprint density at radius 3 is 2.58 bits per heavy atom. The number of alkyl halides is 1. The van der Waals surface area contributed by atoms with Crippen molar-refractivity contribution in [1.29, 1.82) is 0 Å². The summed E-state index contributed by atoms with van der Waals surface area (Å²) in [6.07, 6.45) is 2.56. The van der Waals surface area contributed by atoms with E-state index in [1.807, 2.05) is 18.2 Å². The highest BCUT2D eigenvalue weighted by Crippen LogP contribution is 2.47. The maximum Gasteiger partial charge on any atom is 0.319 e. The van der Waals surface area contributed by atoms with Gasteiger partial charge in [-0.2, -0.15) is 0 Å². The molecule has 1 fully saturated rings. The second-order valence-corrected chi connectivity index (χ2v) is 6.10. The molecule has 104 valence electrons. The highest BCUT2D eigenvalue weighted by atomic mass is 127. The Balaban J connectivity index is 1.99. The van der Waals surface area contributed by atoms with Crippen molar-refractivity contribution in [2.75, 3.05) is 24.6 Å². The third-order valence-electron chi connectivity index (χ3n) is 3.63. The highest BCUT2D eigenvalue weighted by molar-refractivity contribution is 14.1. The maximum atomic E-state index is 11.5. The van der Waals surface area contributed by atoms with E-state index in [0.717, 1.165) is 17.5 Å². The number of benzene rings is 1. The van der Waals surface area contributed by atoms with Gasteiger partial charge in [-0.25, -0.2) is 0 Å². The molecule has 1 aliphatic rings. The number of carbonyl (C=O) groups excluding carboxylic acids is 1.